The molecule has 0 spiro atoms. The molecule has 25 heavy (non-hydrogen) atoms. The molecule has 8 heteroatoms. The molecular weight excluding hydrogens is 340 g/mol. The first-order valence-corrected chi connectivity index (χ1v) is 7.78. The molecule has 128 valence electrons. The van der Waals surface area contributed by atoms with E-state index >= 15 is 0 Å². The number of carbonyl (C=O) groups is 1. The lowest BCUT2D eigenvalue weighted by molar-refractivity contribution is -0.117. The second kappa shape index (κ2) is 8.13. The molecule has 0 saturated heterocycles. The Morgan fingerprint density at radius 1 is 1.44 bits per heavy atom. The zero-order valence-electron chi connectivity index (χ0n) is 13.8. The number of benzene rings is 1. The van der Waals surface area contributed by atoms with Crippen LogP contribution < -0.4 is 11.1 Å². The van der Waals surface area contributed by atoms with Crippen molar-refractivity contribution in [1.29, 1.82) is 5.26 Å². The molecule has 0 saturated carbocycles. The first-order chi connectivity index (χ1) is 11.9. The monoisotopic (exact) mass is 356 g/mol. The van der Waals surface area contributed by atoms with Crippen LogP contribution in [0.2, 0.25) is 5.02 Å². The number of hydrogen-bond acceptors (Lipinski definition) is 5. The van der Waals surface area contributed by atoms with E-state index in [-0.39, 0.29) is 5.91 Å². The Labute approximate surface area is 150 Å². The fraction of sp³-hybridized carbons (Fsp3) is 0.176. The van der Waals surface area contributed by atoms with E-state index in [0.29, 0.717) is 39.8 Å². The summed E-state index contributed by atoms with van der Waals surface area (Å²) in [5, 5.41) is 18.6. The van der Waals surface area contributed by atoms with Crippen molar-refractivity contribution in [2.24, 2.45) is 10.7 Å². The third-order valence-electron chi connectivity index (χ3n) is 3.35. The summed E-state index contributed by atoms with van der Waals surface area (Å²) in [5.41, 5.74) is 8.62. The van der Waals surface area contributed by atoms with Crippen molar-refractivity contribution < 1.29 is 4.79 Å². The molecular formula is C17H17ClN6O. The van der Waals surface area contributed by atoms with Crippen LogP contribution in [0.3, 0.4) is 0 Å². The Balaban J connectivity index is 2.21. The number of nitrogens with two attached hydrogens (primary N) is 1. The van der Waals surface area contributed by atoms with Gasteiger partial charge in [0, 0.05) is 11.9 Å². The number of rotatable bonds is 5. The van der Waals surface area contributed by atoms with E-state index in [0.717, 1.165) is 5.69 Å². The van der Waals surface area contributed by atoms with Gasteiger partial charge >= 0.3 is 0 Å². The fourth-order valence-electron chi connectivity index (χ4n) is 2.19. The maximum Gasteiger partial charge on any atom is 0.255 e. The number of halogens is 1. The second-order valence-electron chi connectivity index (χ2n) is 5.30. The van der Waals surface area contributed by atoms with E-state index in [4.69, 9.17) is 22.6 Å². The lowest BCUT2D eigenvalue weighted by Gasteiger charge is -2.10. The van der Waals surface area contributed by atoms with Gasteiger partial charge in [-0.05, 0) is 38.1 Å². The summed E-state index contributed by atoms with van der Waals surface area (Å²) in [5.74, 6) is -0.337. The highest BCUT2D eigenvalue weighted by Crippen LogP contribution is 2.23. The molecule has 1 aromatic carbocycles. The Kier molecular flexibility index (Phi) is 5.93. The lowest BCUT2D eigenvalue weighted by Crippen LogP contribution is -2.29. The molecule has 7 nitrogen and oxygen atoms in total. The first kappa shape index (κ1) is 18.2. The molecule has 0 aliphatic rings. The standard InChI is InChI=1S/C17H17ClN6O/c1-10(20)16(17(25)21-9-14-5-6-22-24-14)11(2)23-13-4-3-12(8-19)15(18)7-13/h3-7H,9,20H2,1-2H3,(H,21,25)(H,22,24). The van der Waals surface area contributed by atoms with Gasteiger partial charge < -0.3 is 11.1 Å². The normalized spacial score (nSPS) is 12.3. The van der Waals surface area contributed by atoms with Gasteiger partial charge in [-0.25, -0.2) is 0 Å². The predicted molar refractivity (Wildman–Crippen MR) is 96.3 cm³/mol. The summed E-state index contributed by atoms with van der Waals surface area (Å²) in [6.45, 7) is 3.62. The van der Waals surface area contributed by atoms with E-state index in [9.17, 15) is 4.79 Å². The zero-order chi connectivity index (χ0) is 18.4. The number of allylic oxidation sites excluding steroid dienone is 1. The first-order valence-electron chi connectivity index (χ1n) is 7.40. The number of aromatic nitrogens is 2. The lowest BCUT2D eigenvalue weighted by atomic mass is 10.1. The molecule has 1 aromatic heterocycles. The van der Waals surface area contributed by atoms with Gasteiger partial charge in [0.2, 0.25) is 0 Å². The Hall–Kier alpha value is -3.11. The number of H-pyrrole nitrogens is 1. The largest absolute Gasteiger partial charge is 0.402 e. The average molecular weight is 357 g/mol. The number of nitrogens with one attached hydrogen (secondary N) is 2. The van der Waals surface area contributed by atoms with Crippen molar-refractivity contribution in [3.8, 4) is 6.07 Å². The number of amides is 1. The highest BCUT2D eigenvalue weighted by Gasteiger charge is 2.15. The number of aromatic amines is 1. The van der Waals surface area contributed by atoms with Crippen molar-refractivity contribution in [2.45, 2.75) is 20.4 Å². The van der Waals surface area contributed by atoms with E-state index in [1.807, 2.05) is 6.07 Å². The van der Waals surface area contributed by atoms with Crippen LogP contribution >= 0.6 is 11.6 Å². The minimum Gasteiger partial charge on any atom is -0.402 e. The van der Waals surface area contributed by atoms with Gasteiger partial charge in [0.25, 0.3) is 5.91 Å². The van der Waals surface area contributed by atoms with Crippen LogP contribution in [0.4, 0.5) is 5.69 Å². The number of aliphatic imine (C=N–C) groups is 1. The molecule has 0 aliphatic heterocycles. The van der Waals surface area contributed by atoms with E-state index < -0.39 is 0 Å². The molecule has 0 aliphatic carbocycles. The molecule has 0 unspecified atom stereocenters. The smallest absolute Gasteiger partial charge is 0.255 e. The molecule has 1 amide bonds. The summed E-state index contributed by atoms with van der Waals surface area (Å²) in [6, 6.07) is 8.54. The van der Waals surface area contributed by atoms with Crippen LogP contribution in [-0.2, 0) is 11.3 Å². The number of nitriles is 1. The SMILES string of the molecule is CC(=Nc1ccc(C#N)c(Cl)c1)C(C(=O)NCc1ccn[nH]1)=C(C)N. The molecule has 2 rings (SSSR count). The zero-order valence-corrected chi connectivity index (χ0v) is 14.6. The van der Waals surface area contributed by atoms with Crippen molar-refractivity contribution >= 4 is 28.9 Å². The third kappa shape index (κ3) is 4.68. The summed E-state index contributed by atoms with van der Waals surface area (Å²) in [7, 11) is 0. The van der Waals surface area contributed by atoms with Crippen LogP contribution in [0.5, 0.6) is 0 Å². The molecule has 0 atom stereocenters. The third-order valence-corrected chi connectivity index (χ3v) is 3.66. The van der Waals surface area contributed by atoms with E-state index in [1.165, 1.54) is 0 Å². The minimum absolute atomic E-state index is 0.292. The summed E-state index contributed by atoms with van der Waals surface area (Å²) >= 11 is 6.01. The van der Waals surface area contributed by atoms with E-state index in [2.05, 4.69) is 20.5 Å². The maximum absolute atomic E-state index is 12.4. The summed E-state index contributed by atoms with van der Waals surface area (Å²) in [6.07, 6.45) is 1.60. The van der Waals surface area contributed by atoms with Gasteiger partial charge in [-0.2, -0.15) is 10.4 Å². The van der Waals surface area contributed by atoms with Gasteiger partial charge in [0.05, 0.1) is 39.8 Å². The highest BCUT2D eigenvalue weighted by atomic mass is 35.5. The Morgan fingerprint density at radius 2 is 2.20 bits per heavy atom. The van der Waals surface area contributed by atoms with Gasteiger partial charge in [0.1, 0.15) is 6.07 Å². The molecule has 0 radical (unpaired) electrons. The molecule has 1 heterocycles. The quantitative estimate of drug-likeness (QED) is 0.563. The van der Waals surface area contributed by atoms with Crippen LogP contribution in [-0.4, -0.2) is 21.8 Å². The Bertz CT molecular complexity index is 873. The average Bonchev–Trinajstić information content (AvgIpc) is 3.06. The van der Waals surface area contributed by atoms with Crippen LogP contribution in [0.15, 0.2) is 46.7 Å². The number of carbonyl (C=O) groups excluding carboxylic acids is 1. The molecule has 0 fully saturated rings. The van der Waals surface area contributed by atoms with Crippen molar-refractivity contribution in [1.82, 2.24) is 15.5 Å². The van der Waals surface area contributed by atoms with Crippen molar-refractivity contribution in [3.63, 3.8) is 0 Å². The summed E-state index contributed by atoms with van der Waals surface area (Å²) in [4.78, 5) is 16.8. The summed E-state index contributed by atoms with van der Waals surface area (Å²) < 4.78 is 0. The van der Waals surface area contributed by atoms with Gasteiger partial charge in [-0.3, -0.25) is 14.9 Å². The minimum atomic E-state index is -0.337. The van der Waals surface area contributed by atoms with Crippen molar-refractivity contribution in [2.75, 3.05) is 0 Å². The maximum atomic E-state index is 12.4. The van der Waals surface area contributed by atoms with Gasteiger partial charge in [-0.15, -0.1) is 0 Å². The van der Waals surface area contributed by atoms with Crippen molar-refractivity contribution in [3.05, 3.63) is 58.0 Å². The Morgan fingerprint density at radius 3 is 2.76 bits per heavy atom. The molecule has 0 bridgehead atoms. The van der Waals surface area contributed by atoms with Crippen LogP contribution in [0.1, 0.15) is 25.1 Å². The number of hydrogen-bond donors (Lipinski definition) is 3. The fourth-order valence-corrected chi connectivity index (χ4v) is 2.41. The molecule has 2 aromatic rings. The van der Waals surface area contributed by atoms with Gasteiger partial charge in [-0.1, -0.05) is 11.6 Å². The topological polar surface area (TPSA) is 120 Å². The highest BCUT2D eigenvalue weighted by molar-refractivity contribution is 6.32. The van der Waals surface area contributed by atoms with Gasteiger partial charge in [0.15, 0.2) is 0 Å². The van der Waals surface area contributed by atoms with E-state index in [1.54, 1.807) is 44.3 Å². The number of nitrogens with zero attached hydrogens (tertiary/aromatic N) is 3. The van der Waals surface area contributed by atoms with Crippen LogP contribution in [0, 0.1) is 11.3 Å². The van der Waals surface area contributed by atoms with Crippen LogP contribution in [0.25, 0.3) is 0 Å². The predicted octanol–water partition coefficient (Wildman–Crippen LogP) is 2.58. The second-order valence-corrected chi connectivity index (χ2v) is 5.70. The molecule has 4 N–H and O–H groups in total.